The van der Waals surface area contributed by atoms with Crippen LogP contribution in [0.4, 0.5) is 0 Å². The monoisotopic (exact) mass is 404 g/mol. The fraction of sp³-hybridized carbons (Fsp3) is 0.0667. The van der Waals surface area contributed by atoms with Crippen molar-refractivity contribution in [2.45, 2.75) is 5.75 Å². The highest BCUT2D eigenvalue weighted by atomic mass is 79.9. The van der Waals surface area contributed by atoms with Crippen LogP contribution in [0.5, 0.6) is 0 Å². The summed E-state index contributed by atoms with van der Waals surface area (Å²) in [4.78, 5) is 0. The van der Waals surface area contributed by atoms with Gasteiger partial charge in [0.1, 0.15) is 0 Å². The van der Waals surface area contributed by atoms with E-state index in [1.165, 1.54) is 11.5 Å². The van der Waals surface area contributed by atoms with E-state index < -0.39 is 9.84 Å². The van der Waals surface area contributed by atoms with Gasteiger partial charge in [0.15, 0.2) is 9.84 Å². The molecule has 2 aromatic rings. The van der Waals surface area contributed by atoms with Crippen LogP contribution in [0.15, 0.2) is 52.3 Å². The molecule has 0 aliphatic carbocycles. The van der Waals surface area contributed by atoms with Gasteiger partial charge in [-0.15, -0.1) is 0 Å². The van der Waals surface area contributed by atoms with E-state index >= 15 is 0 Å². The zero-order valence-electron chi connectivity index (χ0n) is 10.8. The Kier molecular flexibility index (Phi) is 5.49. The summed E-state index contributed by atoms with van der Waals surface area (Å²) in [5, 5.41) is 2.09. The molecule has 0 fully saturated rings. The molecule has 0 unspecified atom stereocenters. The number of hydrogen-bond acceptors (Lipinski definition) is 2. The zero-order valence-corrected chi connectivity index (χ0v) is 14.7. The summed E-state index contributed by atoms with van der Waals surface area (Å²) in [5.41, 5.74) is 1.34. The van der Waals surface area contributed by atoms with E-state index in [1.54, 1.807) is 30.3 Å². The summed E-state index contributed by atoms with van der Waals surface area (Å²) in [7, 11) is -3.36. The minimum Gasteiger partial charge on any atom is -0.224 e. The second-order valence-corrected chi connectivity index (χ2v) is 8.05. The molecule has 0 bridgehead atoms. The fourth-order valence-electron chi connectivity index (χ4n) is 1.67. The third-order valence-electron chi connectivity index (χ3n) is 2.70. The molecule has 2 rings (SSSR count). The summed E-state index contributed by atoms with van der Waals surface area (Å²) in [6.07, 6.45) is 1.48. The first-order chi connectivity index (χ1) is 9.85. The summed E-state index contributed by atoms with van der Waals surface area (Å²) >= 11 is 15.1. The quantitative estimate of drug-likeness (QED) is 0.687. The molecule has 0 aliphatic heterocycles. The Morgan fingerprint density at radius 2 is 1.71 bits per heavy atom. The first kappa shape index (κ1) is 16.6. The Morgan fingerprint density at radius 3 is 2.33 bits per heavy atom. The van der Waals surface area contributed by atoms with Crippen molar-refractivity contribution >= 4 is 55.0 Å². The molecule has 0 N–H and O–H groups in total. The summed E-state index contributed by atoms with van der Waals surface area (Å²) in [6, 6.07) is 12.1. The summed E-state index contributed by atoms with van der Waals surface area (Å²) in [5.74, 6) is -0.0536. The van der Waals surface area contributed by atoms with Crippen molar-refractivity contribution in [1.29, 1.82) is 0 Å². The lowest BCUT2D eigenvalue weighted by Gasteiger charge is -2.01. The van der Waals surface area contributed by atoms with Crippen LogP contribution in [0.2, 0.25) is 10.0 Å². The van der Waals surface area contributed by atoms with Crippen molar-refractivity contribution in [2.24, 2.45) is 0 Å². The number of rotatable bonds is 4. The van der Waals surface area contributed by atoms with Gasteiger partial charge in [-0.1, -0.05) is 57.3 Å². The predicted molar refractivity (Wildman–Crippen MR) is 92.3 cm³/mol. The largest absolute Gasteiger partial charge is 0.224 e. The van der Waals surface area contributed by atoms with Gasteiger partial charge in [-0.25, -0.2) is 8.42 Å². The highest BCUT2D eigenvalue weighted by molar-refractivity contribution is 9.10. The lowest BCUT2D eigenvalue weighted by atomic mass is 10.2. The predicted octanol–water partition coefficient (Wildman–Crippen LogP) is 5.34. The molecule has 0 aromatic heterocycles. The Balaban J connectivity index is 2.16. The average molecular weight is 406 g/mol. The third-order valence-corrected chi connectivity index (χ3v) is 5.08. The van der Waals surface area contributed by atoms with Crippen LogP contribution in [0, 0.1) is 0 Å². The topological polar surface area (TPSA) is 34.1 Å². The molecular formula is C15H11BrCl2O2S. The Hall–Kier alpha value is -0.810. The van der Waals surface area contributed by atoms with Gasteiger partial charge in [0.05, 0.1) is 5.75 Å². The van der Waals surface area contributed by atoms with E-state index in [2.05, 4.69) is 15.9 Å². The SMILES string of the molecule is O=S(=O)(/C=C/c1ccc(Cl)cc1Cl)Cc1ccc(Br)cc1. The highest BCUT2D eigenvalue weighted by Crippen LogP contribution is 2.22. The average Bonchev–Trinajstić information content (AvgIpc) is 2.40. The number of halogens is 3. The lowest BCUT2D eigenvalue weighted by molar-refractivity contribution is 0.604. The standard InChI is InChI=1S/C15H11BrCl2O2S/c16-13-4-1-11(2-5-13)10-21(19,20)8-7-12-3-6-14(17)9-15(12)18/h1-9H,10H2/b8-7+. The van der Waals surface area contributed by atoms with Crippen LogP contribution in [0.3, 0.4) is 0 Å². The second-order valence-electron chi connectivity index (χ2n) is 4.40. The van der Waals surface area contributed by atoms with E-state index in [0.717, 1.165) is 10.0 Å². The van der Waals surface area contributed by atoms with Crippen molar-refractivity contribution < 1.29 is 8.42 Å². The molecule has 0 amide bonds. The van der Waals surface area contributed by atoms with E-state index in [4.69, 9.17) is 23.2 Å². The molecule has 0 saturated carbocycles. The molecule has 21 heavy (non-hydrogen) atoms. The zero-order chi connectivity index (χ0) is 15.5. The number of hydrogen-bond donors (Lipinski definition) is 0. The van der Waals surface area contributed by atoms with E-state index in [-0.39, 0.29) is 5.75 Å². The van der Waals surface area contributed by atoms with Gasteiger partial charge in [0.2, 0.25) is 0 Å². The fourth-order valence-corrected chi connectivity index (χ4v) is 3.52. The van der Waals surface area contributed by atoms with Crippen LogP contribution in [0.25, 0.3) is 6.08 Å². The molecule has 2 aromatic carbocycles. The number of benzene rings is 2. The molecule has 0 heterocycles. The minimum atomic E-state index is -3.36. The van der Waals surface area contributed by atoms with Crippen LogP contribution in [-0.4, -0.2) is 8.42 Å². The maximum absolute atomic E-state index is 12.1. The minimum absolute atomic E-state index is 0.0536. The van der Waals surface area contributed by atoms with E-state index in [0.29, 0.717) is 15.6 Å². The first-order valence-corrected chi connectivity index (χ1v) is 9.22. The molecule has 0 spiro atoms. The Labute approximate surface area is 142 Å². The van der Waals surface area contributed by atoms with Gasteiger partial charge >= 0.3 is 0 Å². The maximum atomic E-state index is 12.1. The van der Waals surface area contributed by atoms with Gasteiger partial charge < -0.3 is 0 Å². The van der Waals surface area contributed by atoms with Crippen molar-refractivity contribution in [1.82, 2.24) is 0 Å². The van der Waals surface area contributed by atoms with Crippen molar-refractivity contribution in [2.75, 3.05) is 0 Å². The van der Waals surface area contributed by atoms with Crippen molar-refractivity contribution in [3.63, 3.8) is 0 Å². The highest BCUT2D eigenvalue weighted by Gasteiger charge is 2.08. The smallest absolute Gasteiger partial charge is 0.175 e. The summed E-state index contributed by atoms with van der Waals surface area (Å²) < 4.78 is 25.0. The van der Waals surface area contributed by atoms with E-state index in [9.17, 15) is 8.42 Å². The first-order valence-electron chi connectivity index (χ1n) is 5.96. The molecule has 110 valence electrons. The third kappa shape index (κ3) is 5.15. The van der Waals surface area contributed by atoms with Gasteiger partial charge in [0, 0.05) is 19.9 Å². The molecule has 0 radical (unpaired) electrons. The van der Waals surface area contributed by atoms with Crippen LogP contribution in [0.1, 0.15) is 11.1 Å². The maximum Gasteiger partial charge on any atom is 0.175 e. The summed E-state index contributed by atoms with van der Waals surface area (Å²) in [6.45, 7) is 0. The van der Waals surface area contributed by atoms with Gasteiger partial charge in [-0.2, -0.15) is 0 Å². The van der Waals surface area contributed by atoms with Gasteiger partial charge in [-0.05, 0) is 41.5 Å². The van der Waals surface area contributed by atoms with Gasteiger partial charge in [0.25, 0.3) is 0 Å². The van der Waals surface area contributed by atoms with Crippen LogP contribution < -0.4 is 0 Å². The molecule has 2 nitrogen and oxygen atoms in total. The molecular weight excluding hydrogens is 395 g/mol. The molecule has 6 heteroatoms. The second kappa shape index (κ2) is 6.97. The van der Waals surface area contributed by atoms with Crippen molar-refractivity contribution in [3.05, 3.63) is 73.5 Å². The van der Waals surface area contributed by atoms with Gasteiger partial charge in [-0.3, -0.25) is 0 Å². The lowest BCUT2D eigenvalue weighted by Crippen LogP contribution is -1.99. The molecule has 0 saturated heterocycles. The molecule has 0 atom stereocenters. The number of sulfone groups is 1. The Bertz CT molecular complexity index is 769. The normalized spacial score (nSPS) is 12.0. The molecule has 0 aliphatic rings. The van der Waals surface area contributed by atoms with E-state index in [1.807, 2.05) is 12.1 Å². The van der Waals surface area contributed by atoms with Crippen molar-refractivity contribution in [3.8, 4) is 0 Å². The Morgan fingerprint density at radius 1 is 1.05 bits per heavy atom. The van der Waals surface area contributed by atoms with Crippen LogP contribution in [-0.2, 0) is 15.6 Å². The van der Waals surface area contributed by atoms with Crippen LogP contribution >= 0.6 is 39.1 Å².